The minimum Gasteiger partial charge on any atom is -0.616 e. The van der Waals surface area contributed by atoms with Gasteiger partial charge in [-0.2, -0.15) is 0 Å². The van der Waals surface area contributed by atoms with E-state index in [0.717, 1.165) is 22.0 Å². The molecular weight excluding hydrogens is 446 g/mol. The monoisotopic (exact) mass is 477 g/mol. The lowest BCUT2D eigenvalue weighted by Gasteiger charge is -2.19. The van der Waals surface area contributed by atoms with E-state index in [1.807, 2.05) is 62.5 Å². The minimum absolute atomic E-state index is 0.126. The van der Waals surface area contributed by atoms with Gasteiger partial charge in [-0.3, -0.25) is 9.36 Å². The van der Waals surface area contributed by atoms with E-state index in [1.54, 1.807) is 18.8 Å². The summed E-state index contributed by atoms with van der Waals surface area (Å²) in [6.07, 6.45) is 2.60. The number of aromatic amines is 1. The summed E-state index contributed by atoms with van der Waals surface area (Å²) in [6, 6.07) is 13.5. The standard InChI is InChI=1S/C27H31N3O5/c1-17(2)12-22-26(31)29(16-18-10-11-24(33-3)25(13-18)34-4)23(27(35-5)30(22)32)14-19-15-28-21-9-7-6-8-20(19)21/h6-11,13,15,17,28H,12,14,16H2,1-5H3. The molecule has 0 aliphatic carbocycles. The Kier molecular flexibility index (Phi) is 7.00. The first-order valence-corrected chi connectivity index (χ1v) is 11.6. The van der Waals surface area contributed by atoms with Crippen molar-refractivity contribution in [3.05, 3.63) is 86.7 Å². The zero-order valence-electron chi connectivity index (χ0n) is 20.8. The summed E-state index contributed by atoms with van der Waals surface area (Å²) in [7, 11) is 4.62. The lowest BCUT2D eigenvalue weighted by molar-refractivity contribution is -0.623. The van der Waals surface area contributed by atoms with Gasteiger partial charge >= 0.3 is 11.4 Å². The van der Waals surface area contributed by atoms with Crippen LogP contribution in [0.15, 0.2) is 53.5 Å². The number of methoxy groups -OCH3 is 3. The van der Waals surface area contributed by atoms with E-state index in [-0.39, 0.29) is 29.6 Å². The van der Waals surface area contributed by atoms with Crippen molar-refractivity contribution >= 4 is 10.9 Å². The highest BCUT2D eigenvalue weighted by atomic mass is 16.5. The second-order valence-electron chi connectivity index (χ2n) is 8.91. The Morgan fingerprint density at radius 3 is 2.46 bits per heavy atom. The van der Waals surface area contributed by atoms with Crippen LogP contribution in [0, 0.1) is 11.1 Å². The molecule has 0 unspecified atom stereocenters. The van der Waals surface area contributed by atoms with Gasteiger partial charge in [0.15, 0.2) is 11.5 Å². The normalized spacial score (nSPS) is 11.3. The number of H-pyrrole nitrogens is 1. The van der Waals surface area contributed by atoms with Crippen LogP contribution < -0.4 is 24.5 Å². The molecule has 0 saturated heterocycles. The molecule has 1 N–H and O–H groups in total. The van der Waals surface area contributed by atoms with Gasteiger partial charge in [0.05, 0.1) is 27.9 Å². The Bertz CT molecular complexity index is 1400. The van der Waals surface area contributed by atoms with E-state index in [0.29, 0.717) is 34.8 Å². The molecule has 0 bridgehead atoms. The van der Waals surface area contributed by atoms with E-state index < -0.39 is 0 Å². The maximum Gasteiger partial charge on any atom is 0.400 e. The van der Waals surface area contributed by atoms with Crippen LogP contribution in [0.4, 0.5) is 0 Å². The van der Waals surface area contributed by atoms with Gasteiger partial charge in [-0.15, -0.1) is 4.73 Å². The number of nitrogens with one attached hydrogen (secondary N) is 1. The molecule has 8 nitrogen and oxygen atoms in total. The molecule has 2 aromatic heterocycles. The number of ether oxygens (including phenoxy) is 3. The first kappa shape index (κ1) is 24.2. The summed E-state index contributed by atoms with van der Waals surface area (Å²) in [5.41, 5.74) is 3.16. The van der Waals surface area contributed by atoms with Gasteiger partial charge in [0.25, 0.3) is 5.69 Å². The molecule has 2 aromatic carbocycles. The van der Waals surface area contributed by atoms with Crippen LogP contribution in [0.25, 0.3) is 10.9 Å². The third-order valence-corrected chi connectivity index (χ3v) is 6.11. The predicted molar refractivity (Wildman–Crippen MR) is 135 cm³/mol. The van der Waals surface area contributed by atoms with Crippen LogP contribution in [-0.2, 0) is 19.4 Å². The van der Waals surface area contributed by atoms with Crippen molar-refractivity contribution in [3.8, 4) is 17.4 Å². The van der Waals surface area contributed by atoms with Gasteiger partial charge in [-0.25, -0.2) is 0 Å². The second-order valence-corrected chi connectivity index (χ2v) is 8.91. The largest absolute Gasteiger partial charge is 0.616 e. The molecule has 0 radical (unpaired) electrons. The summed E-state index contributed by atoms with van der Waals surface area (Å²) in [5.74, 6) is 1.43. The molecule has 4 rings (SSSR count). The summed E-state index contributed by atoms with van der Waals surface area (Å²) in [5, 5.41) is 14.3. The van der Waals surface area contributed by atoms with E-state index in [9.17, 15) is 10.0 Å². The van der Waals surface area contributed by atoms with Crippen LogP contribution in [0.2, 0.25) is 0 Å². The molecule has 0 atom stereocenters. The first-order chi connectivity index (χ1) is 16.9. The fourth-order valence-corrected chi connectivity index (χ4v) is 4.44. The van der Waals surface area contributed by atoms with Crippen molar-refractivity contribution < 1.29 is 18.9 Å². The molecule has 8 heteroatoms. The van der Waals surface area contributed by atoms with Crippen molar-refractivity contribution in [3.63, 3.8) is 0 Å². The quantitative estimate of drug-likeness (QED) is 0.292. The van der Waals surface area contributed by atoms with Gasteiger partial charge in [0.1, 0.15) is 5.69 Å². The second kappa shape index (κ2) is 10.1. The molecular formula is C27H31N3O5. The van der Waals surface area contributed by atoms with Crippen LogP contribution in [0.5, 0.6) is 17.4 Å². The molecule has 0 aliphatic rings. The number of para-hydroxylation sites is 1. The Balaban J connectivity index is 1.90. The molecule has 2 heterocycles. The molecule has 0 amide bonds. The number of rotatable bonds is 9. The smallest absolute Gasteiger partial charge is 0.400 e. The van der Waals surface area contributed by atoms with Crippen LogP contribution in [-0.4, -0.2) is 30.9 Å². The Morgan fingerprint density at radius 1 is 1.03 bits per heavy atom. The van der Waals surface area contributed by atoms with Crippen molar-refractivity contribution in [2.45, 2.75) is 33.2 Å². The van der Waals surface area contributed by atoms with Crippen molar-refractivity contribution in [2.75, 3.05) is 21.3 Å². The predicted octanol–water partition coefficient (Wildman–Crippen LogP) is 3.83. The number of hydrogen-bond acceptors (Lipinski definition) is 5. The zero-order chi connectivity index (χ0) is 25.1. The third-order valence-electron chi connectivity index (χ3n) is 6.11. The maximum absolute atomic E-state index is 13.7. The molecule has 0 aliphatic heterocycles. The van der Waals surface area contributed by atoms with E-state index in [2.05, 4.69) is 4.98 Å². The topological polar surface area (TPSA) is 92.4 Å². The lowest BCUT2D eigenvalue weighted by atomic mass is 10.1. The number of benzene rings is 2. The maximum atomic E-state index is 13.7. The summed E-state index contributed by atoms with van der Waals surface area (Å²) in [6.45, 7) is 4.20. The van der Waals surface area contributed by atoms with Gasteiger partial charge in [-0.05, 0) is 35.2 Å². The average molecular weight is 478 g/mol. The zero-order valence-corrected chi connectivity index (χ0v) is 20.8. The van der Waals surface area contributed by atoms with E-state index >= 15 is 0 Å². The molecule has 184 valence electrons. The molecule has 0 spiro atoms. The third kappa shape index (κ3) is 4.69. The summed E-state index contributed by atoms with van der Waals surface area (Å²) in [4.78, 5) is 17.0. The summed E-state index contributed by atoms with van der Waals surface area (Å²) >= 11 is 0. The summed E-state index contributed by atoms with van der Waals surface area (Å²) < 4.78 is 18.7. The Morgan fingerprint density at radius 2 is 1.77 bits per heavy atom. The van der Waals surface area contributed by atoms with Crippen molar-refractivity contribution in [1.82, 2.24) is 9.55 Å². The molecule has 0 saturated carbocycles. The Labute approximate surface area is 204 Å². The number of fused-ring (bicyclic) bond motifs is 1. The van der Waals surface area contributed by atoms with E-state index in [4.69, 9.17) is 14.2 Å². The fraction of sp³-hybridized carbons (Fsp3) is 0.333. The van der Waals surface area contributed by atoms with Crippen molar-refractivity contribution in [1.29, 1.82) is 0 Å². The lowest BCUT2D eigenvalue weighted by Crippen LogP contribution is -2.46. The van der Waals surface area contributed by atoms with Gasteiger partial charge in [-0.1, -0.05) is 38.1 Å². The highest BCUT2D eigenvalue weighted by molar-refractivity contribution is 5.83. The van der Waals surface area contributed by atoms with Gasteiger partial charge in [0.2, 0.25) is 0 Å². The average Bonchev–Trinajstić information content (AvgIpc) is 3.27. The molecule has 0 fully saturated rings. The Hall–Kier alpha value is -3.94. The number of hydrogen-bond donors (Lipinski definition) is 1. The van der Waals surface area contributed by atoms with Crippen LogP contribution in [0.1, 0.15) is 36.4 Å². The number of aromatic nitrogens is 3. The SMILES string of the molecule is COc1ccc(Cn2c(Cc3c[nH]c4ccccc34)c(OC)[n+]([O-])c(CC(C)C)c2=O)cc1OC. The number of nitrogens with zero attached hydrogens (tertiary/aromatic N) is 2. The van der Waals surface area contributed by atoms with E-state index in [1.165, 1.54) is 7.11 Å². The highest BCUT2D eigenvalue weighted by Gasteiger charge is 2.28. The minimum atomic E-state index is -0.320. The van der Waals surface area contributed by atoms with Crippen LogP contribution in [0.3, 0.4) is 0 Å². The highest BCUT2D eigenvalue weighted by Crippen LogP contribution is 2.29. The van der Waals surface area contributed by atoms with Crippen molar-refractivity contribution in [2.24, 2.45) is 5.92 Å². The van der Waals surface area contributed by atoms with Gasteiger partial charge < -0.3 is 24.4 Å². The van der Waals surface area contributed by atoms with Crippen LogP contribution >= 0.6 is 0 Å². The first-order valence-electron chi connectivity index (χ1n) is 11.6. The fourth-order valence-electron chi connectivity index (χ4n) is 4.44. The molecule has 4 aromatic rings. The molecule has 35 heavy (non-hydrogen) atoms. The van der Waals surface area contributed by atoms with Gasteiger partial charge in [0, 0.05) is 29.9 Å².